The maximum Gasteiger partial charge on any atom is 0.416 e. The van der Waals surface area contributed by atoms with Gasteiger partial charge >= 0.3 is 6.18 Å². The molecule has 26 heavy (non-hydrogen) atoms. The minimum Gasteiger partial charge on any atom is -0.354 e. The molecule has 0 spiro atoms. The van der Waals surface area contributed by atoms with Crippen molar-refractivity contribution in [1.82, 2.24) is 20.0 Å². The van der Waals surface area contributed by atoms with Crippen molar-refractivity contribution in [2.75, 3.05) is 31.5 Å². The predicted molar refractivity (Wildman–Crippen MR) is 86.6 cm³/mol. The lowest BCUT2D eigenvalue weighted by molar-refractivity contribution is -0.137. The molecule has 0 atom stereocenters. The summed E-state index contributed by atoms with van der Waals surface area (Å²) in [6.45, 7) is 1.32. The number of anilines is 1. The molecule has 0 bridgehead atoms. The molecule has 2 heterocycles. The summed E-state index contributed by atoms with van der Waals surface area (Å²) in [5, 5.41) is 9.36. The molecule has 138 valence electrons. The molecule has 3 rings (SSSR count). The molecule has 1 aliphatic rings. The van der Waals surface area contributed by atoms with E-state index in [1.165, 1.54) is 29.2 Å². The zero-order chi connectivity index (χ0) is 18.7. The van der Waals surface area contributed by atoms with Crippen LogP contribution in [0.4, 0.5) is 18.9 Å². The van der Waals surface area contributed by atoms with Crippen LogP contribution >= 0.6 is 0 Å². The van der Waals surface area contributed by atoms with Crippen LogP contribution in [0.3, 0.4) is 0 Å². The molecule has 0 saturated carbocycles. The lowest BCUT2D eigenvalue weighted by atomic mass is 10.2. The van der Waals surface area contributed by atoms with Gasteiger partial charge in [0.25, 0.3) is 0 Å². The van der Waals surface area contributed by atoms with Crippen LogP contribution in [0.25, 0.3) is 5.69 Å². The first kappa shape index (κ1) is 17.9. The Morgan fingerprint density at radius 1 is 1.27 bits per heavy atom. The Balaban J connectivity index is 1.60. The topological polar surface area (TPSA) is 79.3 Å². The van der Waals surface area contributed by atoms with Gasteiger partial charge in [0.05, 0.1) is 42.4 Å². The number of nitrogens with zero attached hydrogens (tertiary/aromatic N) is 3. The van der Waals surface area contributed by atoms with Crippen LogP contribution < -0.4 is 10.6 Å². The fourth-order valence-corrected chi connectivity index (χ4v) is 2.56. The van der Waals surface area contributed by atoms with E-state index in [4.69, 9.17) is 0 Å². The van der Waals surface area contributed by atoms with Crippen LogP contribution in [0.15, 0.2) is 36.7 Å². The Labute approximate surface area is 146 Å². The Kier molecular flexibility index (Phi) is 4.94. The van der Waals surface area contributed by atoms with Crippen LogP contribution in [-0.4, -0.2) is 52.7 Å². The summed E-state index contributed by atoms with van der Waals surface area (Å²) in [4.78, 5) is 25.0. The van der Waals surface area contributed by atoms with Gasteiger partial charge in [0.1, 0.15) is 0 Å². The van der Waals surface area contributed by atoms with Gasteiger partial charge < -0.3 is 10.6 Å². The van der Waals surface area contributed by atoms with Crippen molar-refractivity contribution < 1.29 is 22.8 Å². The first-order valence-electron chi connectivity index (χ1n) is 7.82. The number of rotatable bonds is 4. The molecule has 1 aromatic carbocycles. The van der Waals surface area contributed by atoms with E-state index in [0.29, 0.717) is 24.5 Å². The number of nitrogens with one attached hydrogen (secondary N) is 2. The first-order valence-corrected chi connectivity index (χ1v) is 7.82. The Hall–Kier alpha value is -2.88. The zero-order valence-corrected chi connectivity index (χ0v) is 13.6. The molecule has 0 unspecified atom stereocenters. The van der Waals surface area contributed by atoms with Crippen molar-refractivity contribution in [3.8, 4) is 5.69 Å². The fraction of sp³-hybridized carbons (Fsp3) is 0.312. The minimum atomic E-state index is -4.40. The van der Waals surface area contributed by atoms with Gasteiger partial charge in [-0.15, -0.1) is 0 Å². The molecule has 1 saturated heterocycles. The number of benzene rings is 1. The summed E-state index contributed by atoms with van der Waals surface area (Å²) in [6.07, 6.45) is -1.49. The van der Waals surface area contributed by atoms with Crippen LogP contribution in [0.5, 0.6) is 0 Å². The summed E-state index contributed by atoms with van der Waals surface area (Å²) < 4.78 is 39.1. The number of amides is 2. The Bertz CT molecular complexity index is 801. The zero-order valence-electron chi connectivity index (χ0n) is 13.6. The molecule has 1 aliphatic heterocycles. The second-order valence-corrected chi connectivity index (χ2v) is 5.83. The number of aromatic nitrogens is 2. The van der Waals surface area contributed by atoms with E-state index >= 15 is 0 Å². The van der Waals surface area contributed by atoms with Crippen molar-refractivity contribution in [3.63, 3.8) is 0 Å². The average Bonchev–Trinajstić information content (AvgIpc) is 3.02. The highest BCUT2D eigenvalue weighted by Crippen LogP contribution is 2.29. The van der Waals surface area contributed by atoms with E-state index in [9.17, 15) is 22.8 Å². The summed E-state index contributed by atoms with van der Waals surface area (Å²) >= 11 is 0. The second kappa shape index (κ2) is 7.16. The molecule has 7 nitrogen and oxygen atoms in total. The predicted octanol–water partition coefficient (Wildman–Crippen LogP) is 1.26. The van der Waals surface area contributed by atoms with Gasteiger partial charge in [-0.2, -0.15) is 18.3 Å². The Morgan fingerprint density at radius 2 is 2.00 bits per heavy atom. The Morgan fingerprint density at radius 3 is 2.65 bits per heavy atom. The quantitative estimate of drug-likeness (QED) is 0.853. The number of alkyl halides is 3. The number of hydrogen-bond donors (Lipinski definition) is 2. The lowest BCUT2D eigenvalue weighted by Crippen LogP contribution is -2.49. The number of piperazine rings is 1. The third kappa shape index (κ3) is 4.39. The maximum atomic E-state index is 12.6. The molecule has 0 aliphatic carbocycles. The van der Waals surface area contributed by atoms with E-state index in [0.717, 1.165) is 12.1 Å². The van der Waals surface area contributed by atoms with Gasteiger partial charge in [0.15, 0.2) is 0 Å². The molecular formula is C16H16F3N5O2. The summed E-state index contributed by atoms with van der Waals surface area (Å²) in [5.41, 5.74) is 0.107. The van der Waals surface area contributed by atoms with Gasteiger partial charge in [-0.05, 0) is 24.3 Å². The number of halogens is 3. The summed E-state index contributed by atoms with van der Waals surface area (Å²) in [6, 6.07) is 4.54. The molecule has 1 aromatic heterocycles. The standard InChI is InChI=1S/C16H16F3N5O2/c17-16(18,19)11-1-3-13(4-2-11)24-8-12(7-21-24)22-15(26)10-23-6-5-20-14(25)9-23/h1-4,7-8H,5-6,9-10H2,(H,20,25)(H,22,26). The SMILES string of the molecule is O=C1CN(CC(=O)Nc2cnn(-c3ccc(C(F)(F)F)cc3)c2)CCN1. The number of hydrogen-bond acceptors (Lipinski definition) is 4. The largest absolute Gasteiger partial charge is 0.416 e. The third-order valence-corrected chi connectivity index (χ3v) is 3.81. The van der Waals surface area contributed by atoms with Crippen molar-refractivity contribution in [3.05, 3.63) is 42.2 Å². The second-order valence-electron chi connectivity index (χ2n) is 5.83. The van der Waals surface area contributed by atoms with Crippen LogP contribution in [0.2, 0.25) is 0 Å². The lowest BCUT2D eigenvalue weighted by Gasteiger charge is -2.25. The van der Waals surface area contributed by atoms with Gasteiger partial charge in [-0.3, -0.25) is 14.5 Å². The molecule has 1 fully saturated rings. The molecular weight excluding hydrogens is 351 g/mol. The van der Waals surface area contributed by atoms with Crippen molar-refractivity contribution in [2.24, 2.45) is 0 Å². The molecule has 10 heteroatoms. The maximum absolute atomic E-state index is 12.6. The van der Waals surface area contributed by atoms with E-state index in [-0.39, 0.29) is 24.9 Å². The fourth-order valence-electron chi connectivity index (χ4n) is 2.56. The van der Waals surface area contributed by atoms with Crippen molar-refractivity contribution in [2.45, 2.75) is 6.18 Å². The van der Waals surface area contributed by atoms with Gasteiger partial charge in [0.2, 0.25) is 11.8 Å². The number of carbonyl (C=O) groups excluding carboxylic acids is 2. The molecule has 2 N–H and O–H groups in total. The smallest absolute Gasteiger partial charge is 0.354 e. The number of carbonyl (C=O) groups is 2. The normalized spacial score (nSPS) is 15.6. The highest BCUT2D eigenvalue weighted by Gasteiger charge is 2.30. The monoisotopic (exact) mass is 367 g/mol. The van der Waals surface area contributed by atoms with Crippen LogP contribution in [0.1, 0.15) is 5.56 Å². The molecule has 2 amide bonds. The molecule has 2 aromatic rings. The first-order chi connectivity index (χ1) is 12.3. The average molecular weight is 367 g/mol. The van der Waals surface area contributed by atoms with E-state index in [2.05, 4.69) is 15.7 Å². The van der Waals surface area contributed by atoms with E-state index < -0.39 is 11.7 Å². The van der Waals surface area contributed by atoms with Gasteiger partial charge in [-0.1, -0.05) is 0 Å². The van der Waals surface area contributed by atoms with Crippen LogP contribution in [0, 0.1) is 0 Å². The summed E-state index contributed by atoms with van der Waals surface area (Å²) in [7, 11) is 0. The van der Waals surface area contributed by atoms with Gasteiger partial charge in [-0.25, -0.2) is 4.68 Å². The minimum absolute atomic E-state index is 0.0683. The summed E-state index contributed by atoms with van der Waals surface area (Å²) in [5.74, 6) is -0.425. The third-order valence-electron chi connectivity index (χ3n) is 3.81. The van der Waals surface area contributed by atoms with E-state index in [1.54, 1.807) is 4.90 Å². The van der Waals surface area contributed by atoms with Crippen molar-refractivity contribution in [1.29, 1.82) is 0 Å². The molecule has 0 radical (unpaired) electrons. The van der Waals surface area contributed by atoms with E-state index in [1.807, 2.05) is 0 Å². The van der Waals surface area contributed by atoms with Crippen LogP contribution in [-0.2, 0) is 15.8 Å². The highest BCUT2D eigenvalue weighted by atomic mass is 19.4. The van der Waals surface area contributed by atoms with Gasteiger partial charge in [0, 0.05) is 13.1 Å². The highest BCUT2D eigenvalue weighted by molar-refractivity contribution is 5.92. The van der Waals surface area contributed by atoms with Crippen molar-refractivity contribution >= 4 is 17.5 Å².